The number of benzene rings is 1. The van der Waals surface area contributed by atoms with Gasteiger partial charge >= 0.3 is 6.01 Å². The zero-order valence-electron chi connectivity index (χ0n) is 11.5. The maximum Gasteiger partial charge on any atom is 0.316 e. The highest BCUT2D eigenvalue weighted by atomic mass is 35.5. The Bertz CT molecular complexity index is 691. The molecule has 0 aliphatic heterocycles. The van der Waals surface area contributed by atoms with Crippen molar-refractivity contribution >= 4 is 23.3 Å². The van der Waals surface area contributed by atoms with Crippen LogP contribution in [0.25, 0.3) is 10.9 Å². The van der Waals surface area contributed by atoms with Gasteiger partial charge in [0.15, 0.2) is 0 Å². The van der Waals surface area contributed by atoms with Crippen molar-refractivity contribution in [3.05, 3.63) is 60.6 Å². The molecule has 0 saturated heterocycles. The number of fused-ring (bicyclic) bond motifs is 1. The maximum absolute atomic E-state index is 5.60. The maximum atomic E-state index is 5.60. The quantitative estimate of drug-likeness (QED) is 0.677. The van der Waals surface area contributed by atoms with Crippen molar-refractivity contribution in [2.75, 3.05) is 6.61 Å². The number of aromatic nitrogens is 3. The lowest BCUT2D eigenvalue weighted by molar-refractivity contribution is 0.288. The van der Waals surface area contributed by atoms with Gasteiger partial charge in [0, 0.05) is 24.0 Å². The molecule has 21 heavy (non-hydrogen) atoms. The van der Waals surface area contributed by atoms with Gasteiger partial charge in [-0.25, -0.2) is 4.98 Å². The summed E-state index contributed by atoms with van der Waals surface area (Å²) in [5.41, 5.74) is 2.18. The molecular formula is C16H16ClN3O. The predicted molar refractivity (Wildman–Crippen MR) is 84.8 cm³/mol. The van der Waals surface area contributed by atoms with Crippen LogP contribution in [-0.4, -0.2) is 21.6 Å². The molecule has 108 valence electrons. The van der Waals surface area contributed by atoms with Crippen LogP contribution in [0.4, 0.5) is 0 Å². The van der Waals surface area contributed by atoms with Gasteiger partial charge in [-0.2, -0.15) is 4.98 Å². The normalized spacial score (nSPS) is 10.1. The number of ether oxygens (including phenoxy) is 1. The molecule has 0 aliphatic carbocycles. The van der Waals surface area contributed by atoms with Gasteiger partial charge in [0.1, 0.15) is 0 Å². The summed E-state index contributed by atoms with van der Waals surface area (Å²) in [5.74, 6) is 0. The molecule has 0 spiro atoms. The van der Waals surface area contributed by atoms with E-state index in [1.807, 2.05) is 48.8 Å². The molecule has 0 fully saturated rings. The number of nitrogens with zero attached hydrogens (tertiary/aromatic N) is 3. The highest BCUT2D eigenvalue weighted by molar-refractivity contribution is 5.85. The average molecular weight is 302 g/mol. The zero-order chi connectivity index (χ0) is 13.6. The molecule has 5 heteroatoms. The number of hydrogen-bond acceptors (Lipinski definition) is 4. The van der Waals surface area contributed by atoms with E-state index >= 15 is 0 Å². The molecule has 3 rings (SSSR count). The van der Waals surface area contributed by atoms with E-state index in [9.17, 15) is 0 Å². The largest absolute Gasteiger partial charge is 0.463 e. The first-order valence-corrected chi connectivity index (χ1v) is 6.65. The molecule has 0 N–H and O–H groups in total. The van der Waals surface area contributed by atoms with Crippen molar-refractivity contribution in [3.8, 4) is 6.01 Å². The summed E-state index contributed by atoms with van der Waals surface area (Å²) in [5, 5.41) is 1.02. The predicted octanol–water partition coefficient (Wildman–Crippen LogP) is 3.46. The van der Waals surface area contributed by atoms with Crippen LogP contribution >= 0.6 is 12.4 Å². The van der Waals surface area contributed by atoms with Gasteiger partial charge in [0.2, 0.25) is 0 Å². The van der Waals surface area contributed by atoms with Crippen molar-refractivity contribution in [3.63, 3.8) is 0 Å². The monoisotopic (exact) mass is 301 g/mol. The molecule has 0 atom stereocenters. The fraction of sp³-hybridized carbons (Fsp3) is 0.188. The fourth-order valence-electron chi connectivity index (χ4n) is 2.01. The minimum atomic E-state index is 0. The Hall–Kier alpha value is -2.20. The highest BCUT2D eigenvalue weighted by Crippen LogP contribution is 2.13. The lowest BCUT2D eigenvalue weighted by Crippen LogP contribution is -2.02. The molecule has 3 aromatic rings. The Morgan fingerprint density at radius 1 is 1.00 bits per heavy atom. The standard InChI is InChI=1S/C16H15N3O.ClH/c1-2-6-15-14(5-1)12-18-16(19-15)20-11-3-4-13-7-9-17-10-8-13;/h1-2,5-10,12H,3-4,11H2;1H. The summed E-state index contributed by atoms with van der Waals surface area (Å²) in [6.07, 6.45) is 7.31. The minimum Gasteiger partial charge on any atom is -0.463 e. The first kappa shape index (κ1) is 15.2. The van der Waals surface area contributed by atoms with Gasteiger partial charge in [-0.15, -0.1) is 12.4 Å². The molecule has 2 aromatic heterocycles. The number of para-hydroxylation sites is 1. The Balaban J connectivity index is 0.00000161. The van der Waals surface area contributed by atoms with Crippen LogP contribution in [0.3, 0.4) is 0 Å². The zero-order valence-corrected chi connectivity index (χ0v) is 12.3. The highest BCUT2D eigenvalue weighted by Gasteiger charge is 2.00. The third kappa shape index (κ3) is 4.13. The van der Waals surface area contributed by atoms with E-state index in [0.29, 0.717) is 12.6 Å². The van der Waals surface area contributed by atoms with E-state index in [4.69, 9.17) is 4.74 Å². The molecule has 4 nitrogen and oxygen atoms in total. The molecule has 0 aliphatic rings. The molecule has 0 amide bonds. The molecular weight excluding hydrogens is 286 g/mol. The number of rotatable bonds is 5. The van der Waals surface area contributed by atoms with Crippen LogP contribution < -0.4 is 4.74 Å². The van der Waals surface area contributed by atoms with Crippen LogP contribution in [0, 0.1) is 0 Å². The summed E-state index contributed by atoms with van der Waals surface area (Å²) in [7, 11) is 0. The fourth-order valence-corrected chi connectivity index (χ4v) is 2.01. The van der Waals surface area contributed by atoms with Crippen LogP contribution in [0.1, 0.15) is 12.0 Å². The van der Waals surface area contributed by atoms with Crippen LogP contribution in [0.15, 0.2) is 55.0 Å². The van der Waals surface area contributed by atoms with Crippen molar-refractivity contribution in [2.45, 2.75) is 12.8 Å². The molecule has 2 heterocycles. The SMILES string of the molecule is Cl.c1ccc2nc(OCCCc3ccncc3)ncc2c1. The lowest BCUT2D eigenvalue weighted by Gasteiger charge is -2.05. The third-order valence-corrected chi connectivity index (χ3v) is 3.06. The van der Waals surface area contributed by atoms with Crippen molar-refractivity contribution in [2.24, 2.45) is 0 Å². The number of aryl methyl sites for hydroxylation is 1. The smallest absolute Gasteiger partial charge is 0.316 e. The third-order valence-electron chi connectivity index (χ3n) is 3.06. The summed E-state index contributed by atoms with van der Waals surface area (Å²) >= 11 is 0. The van der Waals surface area contributed by atoms with Crippen molar-refractivity contribution in [1.82, 2.24) is 15.0 Å². The summed E-state index contributed by atoms with van der Waals surface area (Å²) in [6, 6.07) is 12.4. The number of hydrogen-bond donors (Lipinski definition) is 0. The summed E-state index contributed by atoms with van der Waals surface area (Å²) < 4.78 is 5.60. The van der Waals surface area contributed by atoms with Crippen LogP contribution in [0.2, 0.25) is 0 Å². The van der Waals surface area contributed by atoms with Crippen molar-refractivity contribution in [1.29, 1.82) is 0 Å². The first-order chi connectivity index (χ1) is 9.92. The van der Waals surface area contributed by atoms with E-state index in [-0.39, 0.29) is 12.4 Å². The van der Waals surface area contributed by atoms with Gasteiger partial charge < -0.3 is 4.74 Å². The Morgan fingerprint density at radius 2 is 1.81 bits per heavy atom. The van der Waals surface area contributed by atoms with Crippen molar-refractivity contribution < 1.29 is 4.74 Å². The molecule has 0 radical (unpaired) electrons. The van der Waals surface area contributed by atoms with Crippen LogP contribution in [0.5, 0.6) is 6.01 Å². The molecule has 0 bridgehead atoms. The van der Waals surface area contributed by atoms with Gasteiger partial charge in [-0.3, -0.25) is 4.98 Å². The average Bonchev–Trinajstić information content (AvgIpc) is 2.52. The minimum absolute atomic E-state index is 0. The first-order valence-electron chi connectivity index (χ1n) is 6.65. The van der Waals surface area contributed by atoms with E-state index in [1.165, 1.54) is 5.56 Å². The van der Waals surface area contributed by atoms with E-state index < -0.39 is 0 Å². The Labute approximate surface area is 129 Å². The second-order valence-electron chi connectivity index (χ2n) is 4.52. The van der Waals surface area contributed by atoms with E-state index in [1.54, 1.807) is 6.20 Å². The molecule has 1 aromatic carbocycles. The summed E-state index contributed by atoms with van der Waals surface area (Å²) in [4.78, 5) is 12.6. The second kappa shape index (κ2) is 7.55. The molecule has 0 unspecified atom stereocenters. The number of pyridine rings is 1. The van der Waals surface area contributed by atoms with Gasteiger partial charge in [0.25, 0.3) is 0 Å². The van der Waals surface area contributed by atoms with Gasteiger partial charge in [0.05, 0.1) is 12.1 Å². The Morgan fingerprint density at radius 3 is 2.67 bits per heavy atom. The number of halogens is 1. The second-order valence-corrected chi connectivity index (χ2v) is 4.52. The van der Waals surface area contributed by atoms with Crippen LogP contribution in [-0.2, 0) is 6.42 Å². The van der Waals surface area contributed by atoms with E-state index in [2.05, 4.69) is 15.0 Å². The topological polar surface area (TPSA) is 47.9 Å². The van der Waals surface area contributed by atoms with Gasteiger partial charge in [-0.1, -0.05) is 18.2 Å². The Kier molecular flexibility index (Phi) is 5.46. The lowest BCUT2D eigenvalue weighted by atomic mass is 10.1. The molecule has 0 saturated carbocycles. The van der Waals surface area contributed by atoms with Gasteiger partial charge in [-0.05, 0) is 36.6 Å². The van der Waals surface area contributed by atoms with E-state index in [0.717, 1.165) is 23.7 Å². The summed E-state index contributed by atoms with van der Waals surface area (Å²) in [6.45, 7) is 0.612.